The first kappa shape index (κ1) is 11.8. The Morgan fingerprint density at radius 3 is 2.09 bits per heavy atom. The van der Waals surface area contributed by atoms with Gasteiger partial charge in [0, 0.05) is 0 Å². The van der Waals surface area contributed by atoms with E-state index in [0.717, 1.165) is 4.73 Å². The van der Waals surface area contributed by atoms with Gasteiger partial charge in [0.1, 0.15) is 0 Å². The number of halogens is 2. The standard InChI is InChI=1S/C5H3Cl2NOS.Na.H/c6-3-1-8(9)2-4(7)5(3)10;;/h1-2,9H;;/q;+1;-1. The van der Waals surface area contributed by atoms with Crippen molar-refractivity contribution in [3.05, 3.63) is 26.9 Å². The Balaban J connectivity index is 0. The predicted octanol–water partition coefficient (Wildman–Crippen LogP) is -0.122. The Morgan fingerprint density at radius 1 is 1.36 bits per heavy atom. The van der Waals surface area contributed by atoms with Gasteiger partial charge in [-0.1, -0.05) is 35.4 Å². The molecule has 0 atom stereocenters. The van der Waals surface area contributed by atoms with Crippen LogP contribution in [-0.4, -0.2) is 9.94 Å². The molecule has 6 heteroatoms. The average molecular weight is 220 g/mol. The summed E-state index contributed by atoms with van der Waals surface area (Å²) >= 11 is 15.9. The zero-order valence-corrected chi connectivity index (χ0v) is 10.0. The Labute approximate surface area is 102 Å². The van der Waals surface area contributed by atoms with Gasteiger partial charge in [0.2, 0.25) is 0 Å². The van der Waals surface area contributed by atoms with Gasteiger partial charge in [-0.25, -0.2) is 0 Å². The van der Waals surface area contributed by atoms with Crippen LogP contribution in [-0.2, 0) is 0 Å². The van der Waals surface area contributed by atoms with Crippen molar-refractivity contribution in [3.63, 3.8) is 0 Å². The molecule has 1 heterocycles. The van der Waals surface area contributed by atoms with Gasteiger partial charge < -0.3 is 6.63 Å². The van der Waals surface area contributed by atoms with E-state index in [0.29, 0.717) is 4.51 Å². The van der Waals surface area contributed by atoms with Crippen LogP contribution in [0.4, 0.5) is 0 Å². The maximum absolute atomic E-state index is 8.82. The van der Waals surface area contributed by atoms with Crippen molar-refractivity contribution in [3.8, 4) is 0 Å². The molecule has 0 aliphatic heterocycles. The Morgan fingerprint density at radius 2 is 1.73 bits per heavy atom. The van der Waals surface area contributed by atoms with Gasteiger partial charge >= 0.3 is 29.6 Å². The van der Waals surface area contributed by atoms with Gasteiger partial charge in [-0.2, -0.15) is 4.73 Å². The number of nitrogens with zero attached hydrogens (tertiary/aromatic N) is 1. The van der Waals surface area contributed by atoms with Crippen LogP contribution >= 0.6 is 35.4 Å². The normalized spacial score (nSPS) is 8.91. The SMILES string of the molecule is On1cc(Cl)c(=S)c(Cl)c1.[H-].[Na+]. The van der Waals surface area contributed by atoms with Crippen molar-refractivity contribution in [1.29, 1.82) is 0 Å². The minimum absolute atomic E-state index is 0. The van der Waals surface area contributed by atoms with E-state index >= 15 is 0 Å². The molecule has 0 bridgehead atoms. The number of hydrogen-bond donors (Lipinski definition) is 1. The van der Waals surface area contributed by atoms with Crippen molar-refractivity contribution < 1.29 is 36.2 Å². The van der Waals surface area contributed by atoms with Crippen molar-refractivity contribution in [2.45, 2.75) is 0 Å². The molecule has 1 aromatic rings. The minimum atomic E-state index is 0. The van der Waals surface area contributed by atoms with E-state index in [1.807, 2.05) is 0 Å². The summed E-state index contributed by atoms with van der Waals surface area (Å²) in [5.41, 5.74) is 0. The smallest absolute Gasteiger partial charge is 1.00 e. The second kappa shape index (κ2) is 4.70. The monoisotopic (exact) mass is 219 g/mol. The zero-order valence-electron chi connectivity index (χ0n) is 6.71. The molecule has 0 aliphatic rings. The molecular weight excluding hydrogens is 216 g/mol. The van der Waals surface area contributed by atoms with Crippen LogP contribution < -0.4 is 29.6 Å². The van der Waals surface area contributed by atoms with Crippen LogP contribution in [0, 0.1) is 4.51 Å². The summed E-state index contributed by atoms with van der Waals surface area (Å²) in [6.07, 6.45) is 2.55. The summed E-state index contributed by atoms with van der Waals surface area (Å²) in [6.45, 7) is 0. The summed E-state index contributed by atoms with van der Waals surface area (Å²) in [6, 6.07) is 0. The fraction of sp³-hybridized carbons (Fsp3) is 0. The van der Waals surface area contributed by atoms with E-state index in [9.17, 15) is 0 Å². The number of aromatic nitrogens is 1. The van der Waals surface area contributed by atoms with Gasteiger partial charge in [-0.05, 0) is 0 Å². The quantitative estimate of drug-likeness (QED) is 0.374. The molecule has 0 radical (unpaired) electrons. The fourth-order valence-electron chi connectivity index (χ4n) is 0.501. The molecule has 1 rings (SSSR count). The third-order valence-electron chi connectivity index (χ3n) is 0.925. The van der Waals surface area contributed by atoms with Crippen LogP contribution in [0.5, 0.6) is 0 Å². The molecule has 56 valence electrons. The topological polar surface area (TPSA) is 25.2 Å². The fourth-order valence-corrected chi connectivity index (χ4v) is 1.06. The third kappa shape index (κ3) is 2.93. The summed E-state index contributed by atoms with van der Waals surface area (Å²) in [4.78, 5) is 0. The first-order valence-electron chi connectivity index (χ1n) is 2.38. The molecule has 1 N–H and O–H groups in total. The maximum Gasteiger partial charge on any atom is 1.00 e. The molecule has 0 unspecified atom stereocenters. The first-order chi connectivity index (χ1) is 4.61. The first-order valence-corrected chi connectivity index (χ1v) is 3.54. The molecule has 0 spiro atoms. The van der Waals surface area contributed by atoms with Crippen molar-refractivity contribution in [2.24, 2.45) is 0 Å². The van der Waals surface area contributed by atoms with Crippen LogP contribution in [0.3, 0.4) is 0 Å². The summed E-state index contributed by atoms with van der Waals surface area (Å²) < 4.78 is 1.12. The second-order valence-corrected chi connectivity index (χ2v) is 2.89. The average Bonchev–Trinajstić information content (AvgIpc) is 1.82. The number of rotatable bonds is 0. The molecule has 2 nitrogen and oxygen atoms in total. The van der Waals surface area contributed by atoms with E-state index < -0.39 is 0 Å². The van der Waals surface area contributed by atoms with E-state index in [4.69, 9.17) is 40.6 Å². The van der Waals surface area contributed by atoms with Gasteiger partial charge in [-0.15, -0.1) is 0 Å². The number of hydrogen-bond acceptors (Lipinski definition) is 2. The third-order valence-corrected chi connectivity index (χ3v) is 2.16. The zero-order chi connectivity index (χ0) is 7.72. The number of pyridine rings is 1. The summed E-state index contributed by atoms with van der Waals surface area (Å²) in [5.74, 6) is 0. The van der Waals surface area contributed by atoms with Crippen LogP contribution in [0.15, 0.2) is 12.4 Å². The van der Waals surface area contributed by atoms with E-state index in [1.165, 1.54) is 12.4 Å². The molecule has 0 aliphatic carbocycles. The van der Waals surface area contributed by atoms with Gasteiger partial charge in [-0.3, -0.25) is 0 Å². The van der Waals surface area contributed by atoms with Crippen molar-refractivity contribution >= 4 is 35.4 Å². The van der Waals surface area contributed by atoms with Gasteiger partial charge in [0.15, 0.2) is 0 Å². The van der Waals surface area contributed by atoms with E-state index in [1.54, 1.807) is 0 Å². The summed E-state index contributed by atoms with van der Waals surface area (Å²) in [5, 5.41) is 9.36. The molecule has 1 aromatic heterocycles. The molecule has 0 saturated heterocycles. The predicted molar refractivity (Wildman–Crippen MR) is 43.6 cm³/mol. The van der Waals surface area contributed by atoms with Crippen LogP contribution in [0.1, 0.15) is 1.43 Å². The van der Waals surface area contributed by atoms with Crippen LogP contribution in [0.2, 0.25) is 10.0 Å². The minimum Gasteiger partial charge on any atom is -1.00 e. The Bertz CT molecular complexity index is 293. The van der Waals surface area contributed by atoms with Gasteiger partial charge in [0.05, 0.1) is 26.9 Å². The Kier molecular flexibility index (Phi) is 5.02. The molecule has 0 fully saturated rings. The van der Waals surface area contributed by atoms with Crippen LogP contribution in [0.25, 0.3) is 0 Å². The molecule has 0 amide bonds. The second-order valence-electron chi connectivity index (χ2n) is 1.66. The summed E-state index contributed by atoms with van der Waals surface area (Å²) in [7, 11) is 0. The molecule has 11 heavy (non-hydrogen) atoms. The molecular formula is C5H4Cl2NNaOS. The maximum atomic E-state index is 8.82. The van der Waals surface area contributed by atoms with E-state index in [-0.39, 0.29) is 41.0 Å². The van der Waals surface area contributed by atoms with Gasteiger partial charge in [0.25, 0.3) is 0 Å². The van der Waals surface area contributed by atoms with Crippen molar-refractivity contribution in [2.75, 3.05) is 0 Å². The Hall–Kier alpha value is 0.750. The molecule has 0 aromatic carbocycles. The largest absolute Gasteiger partial charge is 1.00 e. The van der Waals surface area contributed by atoms with E-state index in [2.05, 4.69) is 0 Å². The van der Waals surface area contributed by atoms with Crippen molar-refractivity contribution in [1.82, 2.24) is 4.73 Å². The molecule has 0 saturated carbocycles.